The van der Waals surface area contributed by atoms with Crippen molar-refractivity contribution in [3.63, 3.8) is 0 Å². The number of imide groups is 2. The standard InChI is InChI=1S/C22H20Cl2N2O5/c1-4-12(2)31-19-17(24)9-13(10-18(19)30-3)8-16-20(27)25-22(29)26(21(16)28)15-7-5-6-14(23)11-15/h5-12H,4H2,1-3H3,(H,25,27,29)/b16-8+/t12-/m1/s1. The van der Waals surface area contributed by atoms with Crippen molar-refractivity contribution >= 4 is 52.8 Å². The smallest absolute Gasteiger partial charge is 0.335 e. The fraction of sp³-hybridized carbons (Fsp3) is 0.227. The number of hydrogen-bond donors (Lipinski definition) is 1. The van der Waals surface area contributed by atoms with E-state index in [1.54, 1.807) is 24.3 Å². The van der Waals surface area contributed by atoms with Crippen LogP contribution in [0.5, 0.6) is 11.5 Å². The average Bonchev–Trinajstić information content (AvgIpc) is 2.72. The molecular weight excluding hydrogens is 443 g/mol. The third kappa shape index (κ3) is 4.84. The predicted molar refractivity (Wildman–Crippen MR) is 119 cm³/mol. The first-order valence-corrected chi connectivity index (χ1v) is 10.2. The lowest BCUT2D eigenvalue weighted by Crippen LogP contribution is -2.54. The van der Waals surface area contributed by atoms with Gasteiger partial charge in [-0.3, -0.25) is 14.9 Å². The van der Waals surface area contributed by atoms with Gasteiger partial charge >= 0.3 is 6.03 Å². The largest absolute Gasteiger partial charge is 0.493 e. The fourth-order valence-electron chi connectivity index (χ4n) is 2.90. The lowest BCUT2D eigenvalue weighted by Gasteiger charge is -2.26. The van der Waals surface area contributed by atoms with Gasteiger partial charge in [-0.2, -0.15) is 0 Å². The third-order valence-corrected chi connectivity index (χ3v) is 5.14. The van der Waals surface area contributed by atoms with Gasteiger partial charge < -0.3 is 9.47 Å². The van der Waals surface area contributed by atoms with Crippen LogP contribution < -0.4 is 19.7 Å². The van der Waals surface area contributed by atoms with Gasteiger partial charge in [0.15, 0.2) is 11.5 Å². The van der Waals surface area contributed by atoms with E-state index >= 15 is 0 Å². The van der Waals surface area contributed by atoms with Gasteiger partial charge in [0.05, 0.1) is 23.9 Å². The number of carbonyl (C=O) groups is 3. The minimum absolute atomic E-state index is 0.0847. The molecule has 0 bridgehead atoms. The van der Waals surface area contributed by atoms with Crippen LogP contribution in [0.2, 0.25) is 10.0 Å². The highest BCUT2D eigenvalue weighted by Crippen LogP contribution is 2.38. The quantitative estimate of drug-likeness (QED) is 0.489. The second-order valence-electron chi connectivity index (χ2n) is 6.81. The Morgan fingerprint density at radius 2 is 1.90 bits per heavy atom. The Kier molecular flexibility index (Phi) is 6.87. The first-order valence-electron chi connectivity index (χ1n) is 9.46. The van der Waals surface area contributed by atoms with Crippen LogP contribution in [-0.2, 0) is 9.59 Å². The van der Waals surface area contributed by atoms with Crippen molar-refractivity contribution in [1.82, 2.24) is 5.32 Å². The molecule has 1 heterocycles. The highest BCUT2D eigenvalue weighted by atomic mass is 35.5. The molecule has 1 saturated heterocycles. The molecule has 1 aliphatic rings. The molecule has 0 radical (unpaired) electrons. The van der Waals surface area contributed by atoms with E-state index in [1.807, 2.05) is 13.8 Å². The summed E-state index contributed by atoms with van der Waals surface area (Å²) >= 11 is 12.3. The van der Waals surface area contributed by atoms with E-state index in [1.165, 1.54) is 25.3 Å². The molecule has 3 rings (SSSR count). The van der Waals surface area contributed by atoms with Crippen LogP contribution >= 0.6 is 23.2 Å². The molecule has 1 fully saturated rings. The van der Waals surface area contributed by atoms with E-state index in [-0.39, 0.29) is 22.4 Å². The maximum Gasteiger partial charge on any atom is 0.335 e. The van der Waals surface area contributed by atoms with Crippen LogP contribution in [0.1, 0.15) is 25.8 Å². The van der Waals surface area contributed by atoms with E-state index in [4.69, 9.17) is 32.7 Å². The number of urea groups is 1. The van der Waals surface area contributed by atoms with Crippen molar-refractivity contribution in [2.75, 3.05) is 12.0 Å². The molecule has 0 unspecified atom stereocenters. The Hall–Kier alpha value is -3.03. The normalized spacial score (nSPS) is 16.4. The van der Waals surface area contributed by atoms with E-state index in [9.17, 15) is 14.4 Å². The monoisotopic (exact) mass is 462 g/mol. The molecule has 2 aromatic rings. The number of amides is 4. The second kappa shape index (κ2) is 9.41. The molecule has 0 aromatic heterocycles. The summed E-state index contributed by atoms with van der Waals surface area (Å²) in [6.45, 7) is 3.88. The molecule has 162 valence electrons. The summed E-state index contributed by atoms with van der Waals surface area (Å²) in [5, 5.41) is 2.77. The molecule has 0 saturated carbocycles. The van der Waals surface area contributed by atoms with Crippen molar-refractivity contribution in [2.24, 2.45) is 0 Å². The maximum absolute atomic E-state index is 13.0. The molecule has 4 amide bonds. The summed E-state index contributed by atoms with van der Waals surface area (Å²) in [7, 11) is 1.46. The first kappa shape index (κ1) is 22.7. The van der Waals surface area contributed by atoms with Crippen LogP contribution in [0, 0.1) is 0 Å². The van der Waals surface area contributed by atoms with E-state index < -0.39 is 17.8 Å². The molecule has 1 N–H and O–H groups in total. The Morgan fingerprint density at radius 1 is 1.16 bits per heavy atom. The van der Waals surface area contributed by atoms with Gasteiger partial charge in [0.1, 0.15) is 5.57 Å². The van der Waals surface area contributed by atoms with Gasteiger partial charge in [-0.05, 0) is 55.3 Å². The van der Waals surface area contributed by atoms with Crippen LogP contribution in [-0.4, -0.2) is 31.1 Å². The number of carbonyl (C=O) groups excluding carboxylic acids is 3. The molecular formula is C22H20Cl2N2O5. The number of methoxy groups -OCH3 is 1. The molecule has 7 nitrogen and oxygen atoms in total. The number of barbiturate groups is 1. The average molecular weight is 463 g/mol. The van der Waals surface area contributed by atoms with Crippen LogP contribution in [0.3, 0.4) is 0 Å². The zero-order valence-corrected chi connectivity index (χ0v) is 18.6. The SMILES string of the molecule is CC[C@@H](C)Oc1c(Cl)cc(/C=C2\C(=O)NC(=O)N(c3cccc(Cl)c3)C2=O)cc1OC. The summed E-state index contributed by atoms with van der Waals surface area (Å²) in [6.07, 6.45) is 2.02. The van der Waals surface area contributed by atoms with E-state index in [0.717, 1.165) is 11.3 Å². The zero-order valence-electron chi connectivity index (χ0n) is 17.1. The number of rotatable bonds is 6. The van der Waals surface area contributed by atoms with Crippen molar-refractivity contribution in [2.45, 2.75) is 26.4 Å². The summed E-state index contributed by atoms with van der Waals surface area (Å²) in [4.78, 5) is 38.5. The Labute approximate surface area is 189 Å². The molecule has 1 aliphatic heterocycles. The number of benzene rings is 2. The molecule has 0 aliphatic carbocycles. The van der Waals surface area contributed by atoms with Gasteiger partial charge in [-0.25, -0.2) is 9.69 Å². The predicted octanol–water partition coefficient (Wildman–Crippen LogP) is 4.85. The number of anilines is 1. The minimum Gasteiger partial charge on any atom is -0.493 e. The Bertz CT molecular complexity index is 1080. The van der Waals surface area contributed by atoms with Gasteiger partial charge in [-0.15, -0.1) is 0 Å². The molecule has 1 atom stereocenters. The highest BCUT2D eigenvalue weighted by Gasteiger charge is 2.37. The summed E-state index contributed by atoms with van der Waals surface area (Å²) in [5.74, 6) is -0.878. The van der Waals surface area contributed by atoms with Crippen molar-refractivity contribution < 1.29 is 23.9 Å². The first-order chi connectivity index (χ1) is 14.7. The Balaban J connectivity index is 2.01. The van der Waals surface area contributed by atoms with E-state index in [0.29, 0.717) is 22.1 Å². The van der Waals surface area contributed by atoms with Gasteiger partial charge in [0.25, 0.3) is 11.8 Å². The topological polar surface area (TPSA) is 84.9 Å². The number of nitrogens with one attached hydrogen (secondary N) is 1. The number of halogens is 2. The summed E-state index contributed by atoms with van der Waals surface area (Å²) in [5.41, 5.74) is 0.423. The number of nitrogens with zero attached hydrogens (tertiary/aromatic N) is 1. The summed E-state index contributed by atoms with van der Waals surface area (Å²) < 4.78 is 11.2. The fourth-order valence-corrected chi connectivity index (χ4v) is 3.34. The zero-order chi connectivity index (χ0) is 22.7. The third-order valence-electron chi connectivity index (χ3n) is 4.62. The van der Waals surface area contributed by atoms with Crippen LogP contribution in [0.15, 0.2) is 42.0 Å². The van der Waals surface area contributed by atoms with Gasteiger partial charge in [0.2, 0.25) is 0 Å². The lowest BCUT2D eigenvalue weighted by molar-refractivity contribution is -0.122. The van der Waals surface area contributed by atoms with Crippen LogP contribution in [0.25, 0.3) is 6.08 Å². The Morgan fingerprint density at radius 3 is 2.55 bits per heavy atom. The van der Waals surface area contributed by atoms with Crippen molar-refractivity contribution in [3.05, 3.63) is 57.6 Å². The number of ether oxygens (including phenoxy) is 2. The molecule has 9 heteroatoms. The van der Waals surface area contributed by atoms with Gasteiger partial charge in [-0.1, -0.05) is 36.2 Å². The molecule has 2 aromatic carbocycles. The van der Waals surface area contributed by atoms with Crippen LogP contribution in [0.4, 0.5) is 10.5 Å². The minimum atomic E-state index is -0.859. The lowest BCUT2D eigenvalue weighted by atomic mass is 10.1. The molecule has 0 spiro atoms. The summed E-state index contributed by atoms with van der Waals surface area (Å²) in [6, 6.07) is 8.48. The maximum atomic E-state index is 13.0. The van der Waals surface area contributed by atoms with Crippen molar-refractivity contribution in [1.29, 1.82) is 0 Å². The second-order valence-corrected chi connectivity index (χ2v) is 7.65. The van der Waals surface area contributed by atoms with Crippen molar-refractivity contribution in [3.8, 4) is 11.5 Å². The van der Waals surface area contributed by atoms with Gasteiger partial charge in [0, 0.05) is 5.02 Å². The highest BCUT2D eigenvalue weighted by molar-refractivity contribution is 6.39. The number of hydrogen-bond acceptors (Lipinski definition) is 5. The molecule has 31 heavy (non-hydrogen) atoms. The van der Waals surface area contributed by atoms with E-state index in [2.05, 4.69) is 5.32 Å².